The summed E-state index contributed by atoms with van der Waals surface area (Å²) < 4.78 is 4.75. The lowest BCUT2D eigenvalue weighted by Gasteiger charge is -2.16. The van der Waals surface area contributed by atoms with E-state index >= 15 is 0 Å². The Morgan fingerprint density at radius 2 is 1.07 bits per heavy atom. The summed E-state index contributed by atoms with van der Waals surface area (Å²) in [5, 5.41) is 13.0. The molecule has 0 unspecified atom stereocenters. The Morgan fingerprint density at radius 3 is 1.62 bits per heavy atom. The fourth-order valence-electron chi connectivity index (χ4n) is 6.24. The van der Waals surface area contributed by atoms with E-state index in [1.807, 2.05) is 12.4 Å². The van der Waals surface area contributed by atoms with Crippen molar-refractivity contribution in [3.05, 3.63) is 138 Å². The fraction of sp³-hybridized carbons (Fsp3) is 0.0857. The number of anilines is 1. The van der Waals surface area contributed by atoms with Gasteiger partial charge in [0.25, 0.3) is 0 Å². The molecule has 5 nitrogen and oxygen atoms in total. The summed E-state index contributed by atoms with van der Waals surface area (Å²) in [7, 11) is 0. The van der Waals surface area contributed by atoms with Gasteiger partial charge in [0.15, 0.2) is 0 Å². The molecule has 5 heteroatoms. The Morgan fingerprint density at radius 1 is 0.575 bits per heavy atom. The van der Waals surface area contributed by atoms with Gasteiger partial charge < -0.3 is 25.1 Å². The highest BCUT2D eigenvalue weighted by Gasteiger charge is 2.19. The SMILES string of the molecule is C1=Cc2c(n(-c3ccc(CNc4ccc(-n5c6c(c7ccccc75)C=CNC6)cc4)cc3)c3ccccc23)CN1. The topological polar surface area (TPSA) is 46.0 Å². The number of para-hydroxylation sites is 2. The highest BCUT2D eigenvalue weighted by molar-refractivity contribution is 5.94. The third-order valence-electron chi connectivity index (χ3n) is 8.12. The third-order valence-corrected chi connectivity index (χ3v) is 8.12. The number of fused-ring (bicyclic) bond motifs is 6. The quantitative estimate of drug-likeness (QED) is 0.223. The molecule has 0 spiro atoms. The van der Waals surface area contributed by atoms with Gasteiger partial charge in [-0.25, -0.2) is 0 Å². The number of rotatable bonds is 5. The molecule has 0 aliphatic carbocycles. The molecule has 2 aliphatic heterocycles. The fourth-order valence-corrected chi connectivity index (χ4v) is 6.24. The molecule has 0 saturated heterocycles. The van der Waals surface area contributed by atoms with Crippen molar-refractivity contribution in [3.63, 3.8) is 0 Å². The molecule has 40 heavy (non-hydrogen) atoms. The van der Waals surface area contributed by atoms with Gasteiger partial charge in [-0.3, -0.25) is 0 Å². The van der Waals surface area contributed by atoms with Gasteiger partial charge in [-0.2, -0.15) is 0 Å². The van der Waals surface area contributed by atoms with Crippen LogP contribution in [0.2, 0.25) is 0 Å². The normalized spacial score (nSPS) is 13.6. The van der Waals surface area contributed by atoms with E-state index in [9.17, 15) is 0 Å². The minimum atomic E-state index is 0.769. The molecule has 4 aromatic carbocycles. The Hall–Kier alpha value is -5.16. The van der Waals surface area contributed by atoms with Crippen molar-refractivity contribution < 1.29 is 0 Å². The van der Waals surface area contributed by atoms with Crippen LogP contribution in [0.3, 0.4) is 0 Å². The van der Waals surface area contributed by atoms with Crippen molar-refractivity contribution >= 4 is 39.6 Å². The molecule has 6 aromatic rings. The number of hydrogen-bond acceptors (Lipinski definition) is 3. The molecule has 0 saturated carbocycles. The summed E-state index contributed by atoms with van der Waals surface area (Å²) in [6.07, 6.45) is 8.45. The molecule has 0 atom stereocenters. The first-order chi connectivity index (χ1) is 19.8. The van der Waals surface area contributed by atoms with Gasteiger partial charge in [0.1, 0.15) is 0 Å². The highest BCUT2D eigenvalue weighted by Crippen LogP contribution is 2.33. The Labute approximate surface area is 233 Å². The molecule has 4 heterocycles. The van der Waals surface area contributed by atoms with Crippen LogP contribution in [-0.4, -0.2) is 9.13 Å². The average molecular weight is 520 g/mol. The van der Waals surface area contributed by atoms with Gasteiger partial charge in [0.05, 0.1) is 35.5 Å². The molecule has 8 rings (SSSR count). The van der Waals surface area contributed by atoms with Crippen molar-refractivity contribution in [1.82, 2.24) is 19.8 Å². The lowest BCUT2D eigenvalue weighted by Crippen LogP contribution is -2.13. The summed E-state index contributed by atoms with van der Waals surface area (Å²) in [6.45, 7) is 2.42. The Bertz CT molecular complexity index is 1790. The van der Waals surface area contributed by atoms with Crippen LogP contribution in [0.1, 0.15) is 28.1 Å². The molecule has 3 N–H and O–H groups in total. The summed E-state index contributed by atoms with van der Waals surface area (Å²) in [6, 6.07) is 35.0. The van der Waals surface area contributed by atoms with E-state index in [1.54, 1.807) is 0 Å². The van der Waals surface area contributed by atoms with Gasteiger partial charge in [-0.1, -0.05) is 48.5 Å². The zero-order valence-corrected chi connectivity index (χ0v) is 22.1. The molecular weight excluding hydrogens is 490 g/mol. The lowest BCUT2D eigenvalue weighted by molar-refractivity contribution is 0.802. The maximum Gasteiger partial charge on any atom is 0.0558 e. The van der Waals surface area contributed by atoms with Crippen molar-refractivity contribution in [3.8, 4) is 11.4 Å². The zero-order chi connectivity index (χ0) is 26.5. The van der Waals surface area contributed by atoms with Gasteiger partial charge in [0.2, 0.25) is 0 Å². The minimum absolute atomic E-state index is 0.769. The summed E-state index contributed by atoms with van der Waals surface area (Å²) >= 11 is 0. The predicted octanol–water partition coefficient (Wildman–Crippen LogP) is 7.33. The van der Waals surface area contributed by atoms with Crippen molar-refractivity contribution in [2.45, 2.75) is 19.6 Å². The maximum atomic E-state index is 3.61. The van der Waals surface area contributed by atoms with E-state index in [4.69, 9.17) is 0 Å². The molecule has 0 fully saturated rings. The molecule has 194 valence electrons. The van der Waals surface area contributed by atoms with Crippen LogP contribution in [0, 0.1) is 0 Å². The number of benzene rings is 4. The number of nitrogens with zero attached hydrogens (tertiary/aromatic N) is 2. The van der Waals surface area contributed by atoms with Crippen molar-refractivity contribution in [1.29, 1.82) is 0 Å². The van der Waals surface area contributed by atoms with Crippen LogP contribution < -0.4 is 16.0 Å². The monoisotopic (exact) mass is 519 g/mol. The van der Waals surface area contributed by atoms with Crippen molar-refractivity contribution in [2.75, 3.05) is 5.32 Å². The number of aromatic nitrogens is 2. The summed E-state index contributed by atoms with van der Waals surface area (Å²) in [4.78, 5) is 0. The standard InChI is InChI=1S/C35H29N5/c1-3-7-32-28(5-1)30-17-19-36-22-34(30)39(32)26-13-9-24(10-14-26)21-38-25-11-15-27(16-12-25)40-33-8-4-2-6-29(33)31-18-20-37-23-35(31)40/h1-20,36-38H,21-23H2. The molecule has 2 aromatic heterocycles. The smallest absolute Gasteiger partial charge is 0.0558 e. The van der Waals surface area contributed by atoms with Crippen LogP contribution >= 0.6 is 0 Å². The van der Waals surface area contributed by atoms with E-state index in [0.717, 1.165) is 25.3 Å². The Balaban J connectivity index is 1.03. The zero-order valence-electron chi connectivity index (χ0n) is 22.1. The second-order valence-electron chi connectivity index (χ2n) is 10.4. The summed E-state index contributed by atoms with van der Waals surface area (Å²) in [5.74, 6) is 0. The first-order valence-corrected chi connectivity index (χ1v) is 13.8. The van der Waals surface area contributed by atoms with Crippen LogP contribution in [0.5, 0.6) is 0 Å². The van der Waals surface area contributed by atoms with Crippen LogP contribution in [-0.2, 0) is 19.6 Å². The van der Waals surface area contributed by atoms with Gasteiger partial charge in [-0.05, 0) is 78.6 Å². The van der Waals surface area contributed by atoms with Crippen molar-refractivity contribution in [2.24, 2.45) is 0 Å². The largest absolute Gasteiger partial charge is 0.385 e. The van der Waals surface area contributed by atoms with E-state index in [-0.39, 0.29) is 0 Å². The van der Waals surface area contributed by atoms with Crippen LogP contribution in [0.4, 0.5) is 5.69 Å². The van der Waals surface area contributed by atoms with E-state index in [1.165, 1.54) is 61.3 Å². The first-order valence-electron chi connectivity index (χ1n) is 13.8. The lowest BCUT2D eigenvalue weighted by atomic mass is 10.1. The molecule has 0 bridgehead atoms. The van der Waals surface area contributed by atoms with E-state index in [0.29, 0.717) is 0 Å². The minimum Gasteiger partial charge on any atom is -0.385 e. The molecule has 2 aliphatic rings. The molecular formula is C35H29N5. The number of hydrogen-bond donors (Lipinski definition) is 3. The highest BCUT2D eigenvalue weighted by atomic mass is 15.0. The summed E-state index contributed by atoms with van der Waals surface area (Å²) in [5.41, 5.74) is 12.4. The number of nitrogens with one attached hydrogen (secondary N) is 3. The second kappa shape index (κ2) is 9.24. The van der Waals surface area contributed by atoms with E-state index in [2.05, 4.69) is 134 Å². The Kier molecular flexibility index (Phi) is 5.27. The predicted molar refractivity (Wildman–Crippen MR) is 166 cm³/mol. The maximum absolute atomic E-state index is 3.61. The van der Waals surface area contributed by atoms with Crippen LogP contribution in [0.15, 0.2) is 109 Å². The second-order valence-corrected chi connectivity index (χ2v) is 10.4. The van der Waals surface area contributed by atoms with Crippen LogP contribution in [0.25, 0.3) is 45.3 Å². The third kappa shape index (κ3) is 3.62. The van der Waals surface area contributed by atoms with Gasteiger partial charge in [0, 0.05) is 45.5 Å². The average Bonchev–Trinajstić information content (AvgIpc) is 3.54. The molecule has 0 radical (unpaired) electrons. The van der Waals surface area contributed by atoms with E-state index < -0.39 is 0 Å². The van der Waals surface area contributed by atoms with Gasteiger partial charge in [-0.15, -0.1) is 0 Å². The van der Waals surface area contributed by atoms with Gasteiger partial charge >= 0.3 is 0 Å². The first kappa shape index (κ1) is 22.8. The molecule has 0 amide bonds.